The number of unbranched alkanes of at least 4 members (excludes halogenated alkanes) is 2. The van der Waals surface area contributed by atoms with Crippen LogP contribution in [0.3, 0.4) is 0 Å². The molecule has 2 N–H and O–H groups in total. The van der Waals surface area contributed by atoms with Crippen molar-refractivity contribution in [3.8, 4) is 11.8 Å². The normalized spacial score (nSPS) is 10.5. The lowest BCUT2D eigenvalue weighted by Gasteiger charge is -1.98. The second-order valence-corrected chi connectivity index (χ2v) is 2.74. The highest BCUT2D eigenvalue weighted by Gasteiger charge is 1.91. The Kier molecular flexibility index (Phi) is 8.38. The number of amidine groups is 1. The molecule has 0 spiro atoms. The zero-order valence-electron chi connectivity index (χ0n) is 8.43. The molecule has 0 aromatic carbocycles. The fourth-order valence-corrected chi connectivity index (χ4v) is 0.841. The van der Waals surface area contributed by atoms with E-state index in [1.807, 2.05) is 5.48 Å². The van der Waals surface area contributed by atoms with Gasteiger partial charge in [0, 0.05) is 26.3 Å². The topological polar surface area (TPSA) is 44.6 Å². The zero-order valence-corrected chi connectivity index (χ0v) is 8.43. The summed E-state index contributed by atoms with van der Waals surface area (Å²) < 4.78 is 0. The van der Waals surface area contributed by atoms with Crippen molar-refractivity contribution in [1.29, 1.82) is 0 Å². The Bertz CT molecular complexity index is 201. The van der Waals surface area contributed by atoms with Gasteiger partial charge >= 0.3 is 0 Å². The maximum Gasteiger partial charge on any atom is 0.121 e. The Hall–Kier alpha value is -1.01. The molecule has 0 rings (SSSR count). The number of rotatable bonds is 4. The molecule has 0 aliphatic carbocycles. The highest BCUT2D eigenvalue weighted by atomic mass is 16.5. The van der Waals surface area contributed by atoms with Crippen LogP contribution in [0.25, 0.3) is 0 Å². The fraction of sp³-hybridized carbons (Fsp3) is 0.700. The third-order valence-electron chi connectivity index (χ3n) is 1.67. The maximum absolute atomic E-state index is 8.54. The Morgan fingerprint density at radius 3 is 2.62 bits per heavy atom. The predicted octanol–water partition coefficient (Wildman–Crippen LogP) is 1.97. The van der Waals surface area contributed by atoms with Crippen LogP contribution in [0.4, 0.5) is 0 Å². The van der Waals surface area contributed by atoms with Crippen LogP contribution >= 0.6 is 0 Å². The van der Waals surface area contributed by atoms with Gasteiger partial charge in [0.1, 0.15) is 5.84 Å². The maximum atomic E-state index is 8.54. The summed E-state index contributed by atoms with van der Waals surface area (Å²) in [4.78, 5) is 3.83. The van der Waals surface area contributed by atoms with Gasteiger partial charge in [0.25, 0.3) is 0 Å². The van der Waals surface area contributed by atoms with Crippen LogP contribution in [0, 0.1) is 11.8 Å². The van der Waals surface area contributed by atoms with Crippen LogP contribution < -0.4 is 5.48 Å². The Morgan fingerprint density at radius 1 is 1.38 bits per heavy atom. The smallest absolute Gasteiger partial charge is 0.121 e. The van der Waals surface area contributed by atoms with E-state index >= 15 is 0 Å². The predicted molar refractivity (Wildman–Crippen MR) is 54.8 cm³/mol. The first-order valence-corrected chi connectivity index (χ1v) is 4.66. The summed E-state index contributed by atoms with van der Waals surface area (Å²) in [6, 6.07) is 0. The molecule has 74 valence electrons. The van der Waals surface area contributed by atoms with Gasteiger partial charge < -0.3 is 0 Å². The molecule has 3 nitrogen and oxygen atoms in total. The Labute approximate surface area is 80.2 Å². The minimum atomic E-state index is 0.588. The largest absolute Gasteiger partial charge is 0.290 e. The summed E-state index contributed by atoms with van der Waals surface area (Å²) in [5.74, 6) is 6.70. The summed E-state index contributed by atoms with van der Waals surface area (Å²) >= 11 is 0. The molecule has 0 amide bonds. The van der Waals surface area contributed by atoms with Crippen LogP contribution in [0.2, 0.25) is 0 Å². The molecule has 0 aromatic heterocycles. The van der Waals surface area contributed by atoms with Crippen molar-refractivity contribution < 1.29 is 5.21 Å². The first-order chi connectivity index (χ1) is 6.35. The summed E-state index contributed by atoms with van der Waals surface area (Å²) in [6.07, 6.45) is 4.77. The van der Waals surface area contributed by atoms with Crippen LogP contribution in [0.15, 0.2) is 4.99 Å². The van der Waals surface area contributed by atoms with E-state index < -0.39 is 0 Å². The average Bonchev–Trinajstić information content (AvgIpc) is 2.17. The average molecular weight is 182 g/mol. The molecule has 0 heterocycles. The van der Waals surface area contributed by atoms with Crippen LogP contribution in [-0.4, -0.2) is 18.1 Å². The van der Waals surface area contributed by atoms with Gasteiger partial charge in [-0.3, -0.25) is 15.7 Å². The van der Waals surface area contributed by atoms with Gasteiger partial charge in [-0.1, -0.05) is 13.3 Å². The van der Waals surface area contributed by atoms with E-state index in [1.165, 1.54) is 12.8 Å². The third kappa shape index (κ3) is 7.35. The molecule has 0 atom stereocenters. The van der Waals surface area contributed by atoms with Crippen molar-refractivity contribution >= 4 is 5.84 Å². The standard InChI is InChI=1S/C10H18N2O/c1-3-4-5-6-7-8-9-10(11-2)12-13/h13H,3-5,8-9H2,1-2H3,(H,11,12). The van der Waals surface area contributed by atoms with Crippen molar-refractivity contribution in [1.82, 2.24) is 5.48 Å². The summed E-state index contributed by atoms with van der Waals surface area (Å²) in [5.41, 5.74) is 2.04. The molecule has 0 bridgehead atoms. The molecule has 0 saturated heterocycles. The molecule has 0 aliphatic rings. The van der Waals surface area contributed by atoms with Crippen molar-refractivity contribution in [2.75, 3.05) is 7.05 Å². The van der Waals surface area contributed by atoms with Crippen LogP contribution in [-0.2, 0) is 0 Å². The molecule has 0 aliphatic heterocycles. The van der Waals surface area contributed by atoms with E-state index in [1.54, 1.807) is 7.05 Å². The quantitative estimate of drug-likeness (QED) is 0.229. The van der Waals surface area contributed by atoms with E-state index in [2.05, 4.69) is 23.8 Å². The second kappa shape index (κ2) is 9.08. The molecule has 3 heteroatoms. The lowest BCUT2D eigenvalue weighted by molar-refractivity contribution is 0.231. The summed E-state index contributed by atoms with van der Waals surface area (Å²) in [7, 11) is 1.64. The third-order valence-corrected chi connectivity index (χ3v) is 1.67. The molecular weight excluding hydrogens is 164 g/mol. The van der Waals surface area contributed by atoms with Crippen molar-refractivity contribution in [3.05, 3.63) is 0 Å². The van der Waals surface area contributed by atoms with Crippen LogP contribution in [0.1, 0.15) is 39.0 Å². The molecule has 0 aromatic rings. The van der Waals surface area contributed by atoms with Gasteiger partial charge in [-0.15, -0.1) is 11.8 Å². The summed E-state index contributed by atoms with van der Waals surface area (Å²) in [6.45, 7) is 2.15. The number of hydrogen-bond acceptors (Lipinski definition) is 2. The highest BCUT2D eigenvalue weighted by molar-refractivity contribution is 5.81. The summed E-state index contributed by atoms with van der Waals surface area (Å²) in [5, 5.41) is 8.54. The van der Waals surface area contributed by atoms with E-state index in [9.17, 15) is 0 Å². The Balaban J connectivity index is 3.46. The molecule has 0 fully saturated rings. The number of nitrogens with one attached hydrogen (secondary N) is 1. The molecule has 0 unspecified atom stereocenters. The number of nitrogens with zero attached hydrogens (tertiary/aromatic N) is 1. The lowest BCUT2D eigenvalue weighted by Crippen LogP contribution is -2.18. The van der Waals surface area contributed by atoms with Crippen molar-refractivity contribution in [2.45, 2.75) is 39.0 Å². The minimum Gasteiger partial charge on any atom is -0.290 e. The van der Waals surface area contributed by atoms with Gasteiger partial charge in [-0.2, -0.15) is 0 Å². The van der Waals surface area contributed by atoms with Gasteiger partial charge in [0.05, 0.1) is 0 Å². The van der Waals surface area contributed by atoms with Crippen molar-refractivity contribution in [2.24, 2.45) is 4.99 Å². The van der Waals surface area contributed by atoms with Gasteiger partial charge in [0.15, 0.2) is 0 Å². The van der Waals surface area contributed by atoms with E-state index in [4.69, 9.17) is 5.21 Å². The van der Waals surface area contributed by atoms with Gasteiger partial charge in [-0.05, 0) is 6.42 Å². The SMILES string of the molecule is CCCCC#CCCC(=NC)NO. The van der Waals surface area contributed by atoms with Gasteiger partial charge in [-0.25, -0.2) is 0 Å². The highest BCUT2D eigenvalue weighted by Crippen LogP contribution is 1.92. The molecule has 13 heavy (non-hydrogen) atoms. The number of hydroxylamine groups is 1. The van der Waals surface area contributed by atoms with Crippen molar-refractivity contribution in [3.63, 3.8) is 0 Å². The van der Waals surface area contributed by atoms with Gasteiger partial charge in [0.2, 0.25) is 0 Å². The lowest BCUT2D eigenvalue weighted by atomic mass is 10.2. The number of aliphatic imine (C=N–C) groups is 1. The zero-order chi connectivity index (χ0) is 9.94. The Morgan fingerprint density at radius 2 is 2.08 bits per heavy atom. The van der Waals surface area contributed by atoms with Crippen LogP contribution in [0.5, 0.6) is 0 Å². The minimum absolute atomic E-state index is 0.588. The fourth-order valence-electron chi connectivity index (χ4n) is 0.841. The first-order valence-electron chi connectivity index (χ1n) is 4.66. The molecular formula is C10H18N2O. The monoisotopic (exact) mass is 182 g/mol. The first kappa shape index (κ1) is 12.0. The van der Waals surface area contributed by atoms with E-state index in [0.29, 0.717) is 12.3 Å². The molecule has 0 saturated carbocycles. The molecule has 0 radical (unpaired) electrons. The van der Waals surface area contributed by atoms with E-state index in [-0.39, 0.29) is 0 Å². The number of hydrogen-bond donors (Lipinski definition) is 2. The van der Waals surface area contributed by atoms with E-state index in [0.717, 1.165) is 12.8 Å². The second-order valence-electron chi connectivity index (χ2n) is 2.74.